The number of nitrogens with zero attached hydrogens (tertiary/aromatic N) is 1. The van der Waals surface area contributed by atoms with Crippen molar-refractivity contribution in [1.82, 2.24) is 4.90 Å². The molecule has 2 amide bonds. The number of allylic oxidation sites excluding steroid dienone is 2. The van der Waals surface area contributed by atoms with Crippen LogP contribution in [0.1, 0.15) is 19.8 Å². The zero-order valence-corrected chi connectivity index (χ0v) is 15.4. The molecule has 144 valence electrons. The zero-order chi connectivity index (χ0) is 19.4. The Balaban J connectivity index is 1.47. The molecule has 0 spiro atoms. The van der Waals surface area contributed by atoms with Crippen LogP contribution < -0.4 is 9.47 Å². The van der Waals surface area contributed by atoms with Gasteiger partial charge in [0.1, 0.15) is 30.8 Å². The van der Waals surface area contributed by atoms with E-state index in [2.05, 4.69) is 0 Å². The van der Waals surface area contributed by atoms with Gasteiger partial charge in [-0.25, -0.2) is 4.79 Å². The van der Waals surface area contributed by atoms with E-state index in [1.807, 2.05) is 12.2 Å². The number of imide groups is 1. The van der Waals surface area contributed by atoms with Gasteiger partial charge in [0.15, 0.2) is 0 Å². The summed E-state index contributed by atoms with van der Waals surface area (Å²) in [5, 5.41) is 0. The molecule has 7 heteroatoms. The SMILES string of the molecule is COc1ccc(OCCOC(=O)[C@H](C)N2C(=O)[C@@H]3CC=CC[C@H]3C2=O)cc1. The molecule has 27 heavy (non-hydrogen) atoms. The number of methoxy groups -OCH3 is 1. The van der Waals surface area contributed by atoms with Gasteiger partial charge in [0.05, 0.1) is 18.9 Å². The smallest absolute Gasteiger partial charge is 0.329 e. The molecule has 1 aromatic carbocycles. The standard InChI is InChI=1S/C20H23NO6/c1-13(21-18(22)16-5-3-4-6-17(16)19(21)23)20(24)27-12-11-26-15-9-7-14(25-2)8-10-15/h3-4,7-10,13,16-17H,5-6,11-12H2,1-2H3/t13-,16+,17+/m0/s1. The van der Waals surface area contributed by atoms with Gasteiger partial charge in [-0.3, -0.25) is 14.5 Å². The van der Waals surface area contributed by atoms with Crippen LogP contribution in [0, 0.1) is 11.8 Å². The predicted molar refractivity (Wildman–Crippen MR) is 96.1 cm³/mol. The van der Waals surface area contributed by atoms with Crippen LogP contribution in [0.2, 0.25) is 0 Å². The first-order valence-electron chi connectivity index (χ1n) is 8.98. The van der Waals surface area contributed by atoms with Gasteiger partial charge in [-0.1, -0.05) is 12.2 Å². The molecule has 1 aromatic rings. The average Bonchev–Trinajstić information content (AvgIpc) is 2.95. The first-order valence-corrected chi connectivity index (χ1v) is 8.98. The molecular formula is C20H23NO6. The maximum atomic E-state index is 12.5. The van der Waals surface area contributed by atoms with Gasteiger partial charge >= 0.3 is 5.97 Å². The van der Waals surface area contributed by atoms with Gasteiger partial charge in [-0.2, -0.15) is 0 Å². The lowest BCUT2D eigenvalue weighted by Crippen LogP contribution is -2.44. The van der Waals surface area contributed by atoms with E-state index in [1.165, 1.54) is 6.92 Å². The molecule has 0 unspecified atom stereocenters. The highest BCUT2D eigenvalue weighted by Crippen LogP contribution is 2.36. The van der Waals surface area contributed by atoms with Crippen LogP contribution in [0.15, 0.2) is 36.4 Å². The lowest BCUT2D eigenvalue weighted by atomic mass is 9.85. The first kappa shape index (κ1) is 18.9. The summed E-state index contributed by atoms with van der Waals surface area (Å²) in [6.07, 6.45) is 4.91. The summed E-state index contributed by atoms with van der Waals surface area (Å²) < 4.78 is 15.7. The van der Waals surface area contributed by atoms with Crippen LogP contribution in [0.4, 0.5) is 0 Å². The number of esters is 1. The predicted octanol–water partition coefficient (Wildman–Crippen LogP) is 1.96. The van der Waals surface area contributed by atoms with Crippen molar-refractivity contribution >= 4 is 17.8 Å². The highest BCUT2D eigenvalue weighted by molar-refractivity contribution is 6.08. The molecule has 0 bridgehead atoms. The van der Waals surface area contributed by atoms with Crippen LogP contribution >= 0.6 is 0 Å². The van der Waals surface area contributed by atoms with Crippen molar-refractivity contribution in [2.45, 2.75) is 25.8 Å². The van der Waals surface area contributed by atoms with Gasteiger partial charge in [0.2, 0.25) is 11.8 Å². The van der Waals surface area contributed by atoms with Crippen molar-refractivity contribution < 1.29 is 28.6 Å². The van der Waals surface area contributed by atoms with Gasteiger partial charge in [-0.15, -0.1) is 0 Å². The topological polar surface area (TPSA) is 82.1 Å². The number of benzene rings is 1. The second kappa shape index (κ2) is 8.24. The number of rotatable bonds is 7. The highest BCUT2D eigenvalue weighted by atomic mass is 16.6. The second-order valence-electron chi connectivity index (χ2n) is 6.57. The number of hydrogen-bond donors (Lipinski definition) is 0. The third-order valence-corrected chi connectivity index (χ3v) is 4.93. The minimum atomic E-state index is -0.934. The monoisotopic (exact) mass is 373 g/mol. The molecule has 3 atom stereocenters. The van der Waals surface area contributed by atoms with Gasteiger partial charge in [0, 0.05) is 0 Å². The third-order valence-electron chi connectivity index (χ3n) is 4.93. The van der Waals surface area contributed by atoms with Crippen LogP contribution in [0.25, 0.3) is 0 Å². The van der Waals surface area contributed by atoms with Gasteiger partial charge in [-0.05, 0) is 44.0 Å². The summed E-state index contributed by atoms with van der Waals surface area (Å²) in [7, 11) is 1.58. The Hall–Kier alpha value is -2.83. The fourth-order valence-electron chi connectivity index (χ4n) is 3.41. The Morgan fingerprint density at radius 3 is 2.15 bits per heavy atom. The van der Waals surface area contributed by atoms with Crippen LogP contribution in [-0.4, -0.2) is 49.0 Å². The van der Waals surface area contributed by atoms with Crippen molar-refractivity contribution in [3.8, 4) is 11.5 Å². The van der Waals surface area contributed by atoms with E-state index in [4.69, 9.17) is 14.2 Å². The molecule has 3 rings (SSSR count). The molecular weight excluding hydrogens is 350 g/mol. The molecule has 0 radical (unpaired) electrons. The molecule has 1 aliphatic heterocycles. The Labute approximate surface area is 157 Å². The summed E-state index contributed by atoms with van der Waals surface area (Å²) in [4.78, 5) is 38.3. The minimum Gasteiger partial charge on any atom is -0.497 e. The van der Waals surface area contributed by atoms with E-state index < -0.39 is 12.0 Å². The fourth-order valence-corrected chi connectivity index (χ4v) is 3.41. The van der Waals surface area contributed by atoms with Crippen LogP contribution in [0.5, 0.6) is 11.5 Å². The summed E-state index contributed by atoms with van der Waals surface area (Å²) in [6.45, 7) is 1.72. The van der Waals surface area contributed by atoms with Crippen LogP contribution in [-0.2, 0) is 19.1 Å². The van der Waals surface area contributed by atoms with E-state index in [1.54, 1.807) is 31.4 Å². The number of carbonyl (C=O) groups is 3. The molecule has 2 aliphatic rings. The Bertz CT molecular complexity index is 715. The number of likely N-dealkylation sites (tertiary alicyclic amines) is 1. The second-order valence-corrected chi connectivity index (χ2v) is 6.57. The lowest BCUT2D eigenvalue weighted by molar-refractivity contribution is -0.158. The van der Waals surface area contributed by atoms with Crippen molar-refractivity contribution in [3.05, 3.63) is 36.4 Å². The summed E-state index contributed by atoms with van der Waals surface area (Å²) in [5.41, 5.74) is 0. The van der Waals surface area contributed by atoms with E-state index in [9.17, 15) is 14.4 Å². The zero-order valence-electron chi connectivity index (χ0n) is 15.4. The number of carbonyl (C=O) groups excluding carboxylic acids is 3. The van der Waals surface area contributed by atoms with Crippen molar-refractivity contribution in [2.75, 3.05) is 20.3 Å². The van der Waals surface area contributed by atoms with Crippen molar-refractivity contribution in [2.24, 2.45) is 11.8 Å². The Kier molecular flexibility index (Phi) is 5.78. The molecule has 0 saturated carbocycles. The molecule has 1 heterocycles. The maximum Gasteiger partial charge on any atom is 0.329 e. The quantitative estimate of drug-likeness (QED) is 0.314. The summed E-state index contributed by atoms with van der Waals surface area (Å²) >= 11 is 0. The molecule has 0 aromatic heterocycles. The van der Waals surface area contributed by atoms with E-state index in [0.717, 1.165) is 10.6 Å². The van der Waals surface area contributed by atoms with Crippen LogP contribution in [0.3, 0.4) is 0 Å². The summed E-state index contributed by atoms with van der Waals surface area (Å²) in [6, 6.07) is 6.10. The number of ether oxygens (including phenoxy) is 3. The van der Waals surface area contributed by atoms with E-state index in [-0.39, 0.29) is 36.9 Å². The van der Waals surface area contributed by atoms with Crippen molar-refractivity contribution in [1.29, 1.82) is 0 Å². The minimum absolute atomic E-state index is 0.0276. The van der Waals surface area contributed by atoms with E-state index in [0.29, 0.717) is 18.6 Å². The number of amides is 2. The average molecular weight is 373 g/mol. The third kappa shape index (κ3) is 3.97. The first-order chi connectivity index (χ1) is 13.0. The molecule has 1 fully saturated rings. The normalized spacial score (nSPS) is 22.4. The molecule has 0 N–H and O–H groups in total. The Morgan fingerprint density at radius 2 is 1.59 bits per heavy atom. The fraction of sp³-hybridized carbons (Fsp3) is 0.450. The molecule has 7 nitrogen and oxygen atoms in total. The molecule has 1 aliphatic carbocycles. The maximum absolute atomic E-state index is 12.5. The van der Waals surface area contributed by atoms with Crippen molar-refractivity contribution in [3.63, 3.8) is 0 Å². The number of fused-ring (bicyclic) bond motifs is 1. The van der Waals surface area contributed by atoms with Gasteiger partial charge in [0.25, 0.3) is 0 Å². The lowest BCUT2D eigenvalue weighted by Gasteiger charge is -2.21. The van der Waals surface area contributed by atoms with E-state index >= 15 is 0 Å². The number of hydrogen-bond acceptors (Lipinski definition) is 6. The largest absolute Gasteiger partial charge is 0.497 e. The Morgan fingerprint density at radius 1 is 1.04 bits per heavy atom. The van der Waals surface area contributed by atoms with Gasteiger partial charge < -0.3 is 14.2 Å². The molecule has 1 saturated heterocycles. The summed E-state index contributed by atoms with van der Waals surface area (Å²) in [5.74, 6) is -0.532. The highest BCUT2D eigenvalue weighted by Gasteiger charge is 2.50.